The van der Waals surface area contributed by atoms with Gasteiger partial charge in [0.15, 0.2) is 0 Å². The van der Waals surface area contributed by atoms with Gasteiger partial charge in [-0.3, -0.25) is 4.79 Å². The van der Waals surface area contributed by atoms with E-state index in [-0.39, 0.29) is 11.3 Å². The maximum absolute atomic E-state index is 13.7. The number of hydrogen-bond acceptors (Lipinski definition) is 3. The summed E-state index contributed by atoms with van der Waals surface area (Å²) in [6.07, 6.45) is 0. The number of nitrogens with two attached hydrogens (primary N) is 1. The van der Waals surface area contributed by atoms with E-state index < -0.39 is 17.5 Å². The molecule has 6 heteroatoms. The highest BCUT2D eigenvalue weighted by Gasteiger charge is 2.16. The quantitative estimate of drug-likeness (QED) is 0.855. The minimum Gasteiger partial charge on any atom is -0.396 e. The van der Waals surface area contributed by atoms with E-state index in [9.17, 15) is 13.6 Å². The monoisotopic (exact) mass is 291 g/mol. The van der Waals surface area contributed by atoms with E-state index in [1.807, 2.05) is 31.1 Å². The summed E-state index contributed by atoms with van der Waals surface area (Å²) in [5, 5.41) is 2.60. The number of carbonyl (C=O) groups excluding carboxylic acids is 1. The lowest BCUT2D eigenvalue weighted by Gasteiger charge is -2.17. The Morgan fingerprint density at radius 2 is 1.81 bits per heavy atom. The lowest BCUT2D eigenvalue weighted by Crippen LogP contribution is -2.18. The number of nitrogen functional groups attached to an aromatic ring is 1. The van der Waals surface area contributed by atoms with Crippen LogP contribution in [0.4, 0.5) is 25.8 Å². The number of amides is 1. The summed E-state index contributed by atoms with van der Waals surface area (Å²) >= 11 is 0. The van der Waals surface area contributed by atoms with Crippen molar-refractivity contribution in [3.05, 3.63) is 53.6 Å². The Labute approximate surface area is 121 Å². The normalized spacial score (nSPS) is 10.3. The Kier molecular flexibility index (Phi) is 4.07. The average Bonchev–Trinajstić information content (AvgIpc) is 2.43. The number of benzene rings is 2. The number of halogens is 2. The molecule has 0 unspecified atom stereocenters. The van der Waals surface area contributed by atoms with Gasteiger partial charge in [0.05, 0.1) is 22.6 Å². The molecule has 0 saturated heterocycles. The van der Waals surface area contributed by atoms with Crippen LogP contribution in [0.1, 0.15) is 10.4 Å². The Bertz CT molecular complexity index is 687. The van der Waals surface area contributed by atoms with Crippen LogP contribution in [-0.2, 0) is 0 Å². The molecule has 2 aromatic rings. The number of rotatable bonds is 3. The van der Waals surface area contributed by atoms with Gasteiger partial charge in [0.25, 0.3) is 5.91 Å². The van der Waals surface area contributed by atoms with Crippen LogP contribution in [-0.4, -0.2) is 20.0 Å². The molecule has 2 rings (SSSR count). The predicted octanol–water partition coefficient (Wildman–Crippen LogP) is 2.87. The largest absolute Gasteiger partial charge is 0.396 e. The summed E-state index contributed by atoms with van der Waals surface area (Å²) in [4.78, 5) is 13.9. The molecule has 2 aromatic carbocycles. The van der Waals surface area contributed by atoms with Gasteiger partial charge in [-0.25, -0.2) is 8.78 Å². The first-order valence-corrected chi connectivity index (χ1v) is 6.22. The first-order valence-electron chi connectivity index (χ1n) is 6.22. The minimum atomic E-state index is -0.957. The summed E-state index contributed by atoms with van der Waals surface area (Å²) in [7, 11) is 3.64. The highest BCUT2D eigenvalue weighted by atomic mass is 19.1. The van der Waals surface area contributed by atoms with Crippen molar-refractivity contribution < 1.29 is 13.6 Å². The molecule has 0 fully saturated rings. The average molecular weight is 291 g/mol. The molecule has 0 saturated carbocycles. The second-order valence-corrected chi connectivity index (χ2v) is 4.72. The second kappa shape index (κ2) is 5.78. The molecule has 0 aliphatic heterocycles. The smallest absolute Gasteiger partial charge is 0.258 e. The summed E-state index contributed by atoms with van der Waals surface area (Å²) in [6.45, 7) is 0. The van der Waals surface area contributed by atoms with Gasteiger partial charge in [-0.1, -0.05) is 12.1 Å². The number of para-hydroxylation sites is 2. The summed E-state index contributed by atoms with van der Waals surface area (Å²) in [5.74, 6) is -2.53. The minimum absolute atomic E-state index is 0.276. The second-order valence-electron chi connectivity index (χ2n) is 4.72. The Morgan fingerprint density at radius 1 is 1.14 bits per heavy atom. The lowest BCUT2D eigenvalue weighted by atomic mass is 10.1. The summed E-state index contributed by atoms with van der Waals surface area (Å²) < 4.78 is 26.8. The van der Waals surface area contributed by atoms with Crippen LogP contribution in [0, 0.1) is 11.6 Å². The molecule has 0 spiro atoms. The van der Waals surface area contributed by atoms with Crippen LogP contribution < -0.4 is 16.0 Å². The fourth-order valence-corrected chi connectivity index (χ4v) is 1.90. The van der Waals surface area contributed by atoms with Gasteiger partial charge in [0.2, 0.25) is 0 Å². The van der Waals surface area contributed by atoms with Crippen LogP contribution in [0.2, 0.25) is 0 Å². The molecular formula is C15H15F2N3O. The van der Waals surface area contributed by atoms with E-state index in [0.717, 1.165) is 11.8 Å². The number of hydrogen-bond donors (Lipinski definition) is 2. The Balaban J connectivity index is 2.33. The van der Waals surface area contributed by atoms with Crippen molar-refractivity contribution in [1.29, 1.82) is 0 Å². The molecule has 0 atom stereocenters. The molecule has 4 nitrogen and oxygen atoms in total. The van der Waals surface area contributed by atoms with Crippen molar-refractivity contribution in [3.63, 3.8) is 0 Å². The third kappa shape index (κ3) is 3.10. The standard InChI is InChI=1S/C15H15F2N3O/c1-20(2)14-6-4-3-5-13(14)19-15(21)9-7-12(18)11(17)8-10(9)16/h3-8H,18H2,1-2H3,(H,19,21). The first-order chi connectivity index (χ1) is 9.90. The van der Waals surface area contributed by atoms with Gasteiger partial charge in [0, 0.05) is 20.2 Å². The Morgan fingerprint density at radius 3 is 2.48 bits per heavy atom. The molecule has 0 radical (unpaired) electrons. The maximum Gasteiger partial charge on any atom is 0.258 e. The molecule has 0 bridgehead atoms. The van der Waals surface area contributed by atoms with E-state index in [2.05, 4.69) is 5.32 Å². The molecule has 3 N–H and O–H groups in total. The lowest BCUT2D eigenvalue weighted by molar-refractivity contribution is 0.102. The highest BCUT2D eigenvalue weighted by molar-refractivity contribution is 6.06. The van der Waals surface area contributed by atoms with Crippen molar-refractivity contribution in [1.82, 2.24) is 0 Å². The topological polar surface area (TPSA) is 58.4 Å². The number of nitrogens with one attached hydrogen (secondary N) is 1. The van der Waals surface area contributed by atoms with E-state index in [4.69, 9.17) is 5.73 Å². The molecular weight excluding hydrogens is 276 g/mol. The van der Waals surface area contributed by atoms with Crippen LogP contribution in [0.15, 0.2) is 36.4 Å². The molecule has 21 heavy (non-hydrogen) atoms. The van der Waals surface area contributed by atoms with Crippen molar-refractivity contribution in [2.45, 2.75) is 0 Å². The van der Waals surface area contributed by atoms with Gasteiger partial charge in [-0.05, 0) is 18.2 Å². The van der Waals surface area contributed by atoms with Crippen molar-refractivity contribution >= 4 is 23.0 Å². The molecule has 0 heterocycles. The number of nitrogens with zero attached hydrogens (tertiary/aromatic N) is 1. The zero-order valence-electron chi connectivity index (χ0n) is 11.7. The van der Waals surface area contributed by atoms with Gasteiger partial charge in [-0.2, -0.15) is 0 Å². The van der Waals surface area contributed by atoms with E-state index in [1.165, 1.54) is 0 Å². The molecule has 0 aromatic heterocycles. The van der Waals surface area contributed by atoms with Gasteiger partial charge < -0.3 is 16.0 Å². The Hall–Kier alpha value is -2.63. The third-order valence-corrected chi connectivity index (χ3v) is 2.97. The fraction of sp³-hybridized carbons (Fsp3) is 0.133. The van der Waals surface area contributed by atoms with Crippen molar-refractivity contribution in [2.75, 3.05) is 30.0 Å². The van der Waals surface area contributed by atoms with Crippen LogP contribution in [0.5, 0.6) is 0 Å². The fourth-order valence-electron chi connectivity index (χ4n) is 1.90. The number of anilines is 3. The zero-order chi connectivity index (χ0) is 15.6. The zero-order valence-corrected chi connectivity index (χ0v) is 11.7. The van der Waals surface area contributed by atoms with Gasteiger partial charge in [-0.15, -0.1) is 0 Å². The van der Waals surface area contributed by atoms with Crippen molar-refractivity contribution in [3.8, 4) is 0 Å². The molecule has 0 aliphatic rings. The van der Waals surface area contributed by atoms with Gasteiger partial charge >= 0.3 is 0 Å². The van der Waals surface area contributed by atoms with E-state index in [0.29, 0.717) is 11.8 Å². The molecule has 0 aliphatic carbocycles. The summed E-state index contributed by atoms with van der Waals surface area (Å²) in [5.41, 5.74) is 6.08. The first kappa shape index (κ1) is 14.8. The number of carbonyl (C=O) groups is 1. The molecule has 110 valence electrons. The predicted molar refractivity (Wildman–Crippen MR) is 79.5 cm³/mol. The SMILES string of the molecule is CN(C)c1ccccc1NC(=O)c1cc(N)c(F)cc1F. The van der Waals surface area contributed by atoms with Crippen LogP contribution >= 0.6 is 0 Å². The van der Waals surface area contributed by atoms with Crippen molar-refractivity contribution in [2.24, 2.45) is 0 Å². The summed E-state index contributed by atoms with van der Waals surface area (Å²) in [6, 6.07) is 8.66. The highest BCUT2D eigenvalue weighted by Crippen LogP contribution is 2.25. The molecule has 1 amide bonds. The maximum atomic E-state index is 13.7. The van der Waals surface area contributed by atoms with E-state index >= 15 is 0 Å². The van der Waals surface area contributed by atoms with Crippen LogP contribution in [0.3, 0.4) is 0 Å². The third-order valence-electron chi connectivity index (χ3n) is 2.97. The van der Waals surface area contributed by atoms with Crippen LogP contribution in [0.25, 0.3) is 0 Å². The van der Waals surface area contributed by atoms with Gasteiger partial charge in [0.1, 0.15) is 11.6 Å². The van der Waals surface area contributed by atoms with E-state index in [1.54, 1.807) is 12.1 Å².